The standard InChI is InChI=1S/C52H34N4/c1-5-16-35(17-6-1)45-34-46(54-52(53-45)36-18-7-2-8-19-36)38-28-30-42-44-32-37(29-31-48(44)56(50(42)33-38)40-22-11-4-12-23-40)41-25-15-27-49-51(41)43-24-13-14-26-47(43)55(49)39-20-9-3-10-21-39/h1-34H. The van der Waals surface area contributed by atoms with Gasteiger partial charge in [-0.2, -0.15) is 0 Å². The number of para-hydroxylation sites is 3. The van der Waals surface area contributed by atoms with Crippen molar-refractivity contribution in [2.75, 3.05) is 0 Å². The van der Waals surface area contributed by atoms with Crippen LogP contribution in [0.25, 0.3) is 100 Å². The molecule has 0 aliphatic carbocycles. The van der Waals surface area contributed by atoms with Gasteiger partial charge in [0.2, 0.25) is 0 Å². The quantitative estimate of drug-likeness (QED) is 0.172. The second kappa shape index (κ2) is 13.1. The molecule has 262 valence electrons. The highest BCUT2D eigenvalue weighted by Crippen LogP contribution is 2.42. The molecule has 11 rings (SSSR count). The number of benzene rings is 8. The fourth-order valence-corrected chi connectivity index (χ4v) is 8.39. The smallest absolute Gasteiger partial charge is 0.160 e. The number of aromatic nitrogens is 4. The van der Waals surface area contributed by atoms with E-state index in [0.29, 0.717) is 5.82 Å². The predicted molar refractivity (Wildman–Crippen MR) is 232 cm³/mol. The minimum atomic E-state index is 0.707. The summed E-state index contributed by atoms with van der Waals surface area (Å²) in [4.78, 5) is 10.2. The van der Waals surface area contributed by atoms with Gasteiger partial charge >= 0.3 is 0 Å². The van der Waals surface area contributed by atoms with Crippen LogP contribution in [0, 0.1) is 0 Å². The molecule has 0 atom stereocenters. The summed E-state index contributed by atoms with van der Waals surface area (Å²) in [6.45, 7) is 0. The van der Waals surface area contributed by atoms with Gasteiger partial charge in [0.1, 0.15) is 0 Å². The minimum absolute atomic E-state index is 0.707. The summed E-state index contributed by atoms with van der Waals surface area (Å²) in [5.41, 5.74) is 14.2. The van der Waals surface area contributed by atoms with Crippen LogP contribution in [0.5, 0.6) is 0 Å². The summed E-state index contributed by atoms with van der Waals surface area (Å²) in [7, 11) is 0. The van der Waals surface area contributed by atoms with E-state index in [-0.39, 0.29) is 0 Å². The molecule has 0 aliphatic heterocycles. The average molecular weight is 715 g/mol. The molecule has 4 heteroatoms. The highest BCUT2D eigenvalue weighted by atomic mass is 15.0. The van der Waals surface area contributed by atoms with E-state index in [0.717, 1.165) is 50.5 Å². The van der Waals surface area contributed by atoms with Crippen LogP contribution in [0.3, 0.4) is 0 Å². The minimum Gasteiger partial charge on any atom is -0.309 e. The van der Waals surface area contributed by atoms with E-state index in [9.17, 15) is 0 Å². The SMILES string of the molecule is c1ccc(-c2cc(-c3ccc4c5cc(-c6cccc7c6c6ccccc6n7-c6ccccc6)ccc5n(-c5ccccc5)c4c3)nc(-c3ccccc3)n2)cc1. The van der Waals surface area contributed by atoms with Gasteiger partial charge in [-0.15, -0.1) is 0 Å². The predicted octanol–water partition coefficient (Wildman–Crippen LogP) is 13.3. The maximum Gasteiger partial charge on any atom is 0.160 e. The van der Waals surface area contributed by atoms with Crippen molar-refractivity contribution >= 4 is 43.6 Å². The molecule has 0 bridgehead atoms. The molecule has 56 heavy (non-hydrogen) atoms. The lowest BCUT2D eigenvalue weighted by Gasteiger charge is -2.11. The molecule has 3 aromatic heterocycles. The average Bonchev–Trinajstić information content (AvgIpc) is 3.80. The maximum absolute atomic E-state index is 5.17. The van der Waals surface area contributed by atoms with E-state index < -0.39 is 0 Å². The van der Waals surface area contributed by atoms with Crippen LogP contribution < -0.4 is 0 Å². The molecule has 11 aromatic rings. The van der Waals surface area contributed by atoms with Crippen LogP contribution in [-0.4, -0.2) is 19.1 Å². The van der Waals surface area contributed by atoms with Crippen molar-refractivity contribution in [1.82, 2.24) is 19.1 Å². The van der Waals surface area contributed by atoms with Crippen LogP contribution >= 0.6 is 0 Å². The fraction of sp³-hybridized carbons (Fsp3) is 0. The third-order valence-electron chi connectivity index (χ3n) is 10.9. The van der Waals surface area contributed by atoms with E-state index >= 15 is 0 Å². The Morgan fingerprint density at radius 1 is 0.304 bits per heavy atom. The Bertz CT molecular complexity index is 3160. The Morgan fingerprint density at radius 2 is 0.857 bits per heavy atom. The van der Waals surface area contributed by atoms with Gasteiger partial charge < -0.3 is 9.13 Å². The van der Waals surface area contributed by atoms with Crippen molar-refractivity contribution in [2.45, 2.75) is 0 Å². The van der Waals surface area contributed by atoms with Gasteiger partial charge in [-0.25, -0.2) is 9.97 Å². The molecular weight excluding hydrogens is 681 g/mol. The Kier molecular flexibility index (Phi) is 7.46. The first-order valence-electron chi connectivity index (χ1n) is 19.0. The second-order valence-corrected chi connectivity index (χ2v) is 14.2. The largest absolute Gasteiger partial charge is 0.309 e. The van der Waals surface area contributed by atoms with Crippen molar-refractivity contribution in [2.24, 2.45) is 0 Å². The normalized spacial score (nSPS) is 11.6. The lowest BCUT2D eigenvalue weighted by atomic mass is 9.97. The van der Waals surface area contributed by atoms with E-state index in [4.69, 9.17) is 9.97 Å². The highest BCUT2D eigenvalue weighted by Gasteiger charge is 2.19. The summed E-state index contributed by atoms with van der Waals surface area (Å²) >= 11 is 0. The van der Waals surface area contributed by atoms with Gasteiger partial charge in [0.25, 0.3) is 0 Å². The zero-order valence-electron chi connectivity index (χ0n) is 30.4. The fourth-order valence-electron chi connectivity index (χ4n) is 8.39. The van der Waals surface area contributed by atoms with Gasteiger partial charge in [-0.05, 0) is 71.8 Å². The molecule has 0 radical (unpaired) electrons. The maximum atomic E-state index is 5.17. The third-order valence-corrected chi connectivity index (χ3v) is 10.9. The van der Waals surface area contributed by atoms with Crippen molar-refractivity contribution in [3.05, 3.63) is 206 Å². The summed E-state index contributed by atoms with van der Waals surface area (Å²) in [5, 5.41) is 4.89. The highest BCUT2D eigenvalue weighted by molar-refractivity contribution is 6.17. The first kappa shape index (κ1) is 31.9. The van der Waals surface area contributed by atoms with Crippen LogP contribution in [-0.2, 0) is 0 Å². The number of rotatable bonds is 6. The molecule has 0 fully saturated rings. The lowest BCUT2D eigenvalue weighted by molar-refractivity contribution is 1.17. The summed E-state index contributed by atoms with van der Waals surface area (Å²) in [6.07, 6.45) is 0. The molecule has 0 saturated heterocycles. The van der Waals surface area contributed by atoms with Gasteiger partial charge in [0.15, 0.2) is 5.82 Å². The summed E-state index contributed by atoms with van der Waals surface area (Å²) < 4.78 is 4.77. The molecule has 0 unspecified atom stereocenters. The molecule has 3 heterocycles. The van der Waals surface area contributed by atoms with Crippen LogP contribution in [0.1, 0.15) is 0 Å². The van der Waals surface area contributed by atoms with Crippen LogP contribution in [0.4, 0.5) is 0 Å². The summed E-state index contributed by atoms with van der Waals surface area (Å²) in [6, 6.07) is 73.2. The van der Waals surface area contributed by atoms with E-state index in [1.807, 2.05) is 24.3 Å². The van der Waals surface area contributed by atoms with Crippen molar-refractivity contribution in [1.29, 1.82) is 0 Å². The number of hydrogen-bond acceptors (Lipinski definition) is 2. The molecular formula is C52H34N4. The molecule has 0 amide bonds. The molecule has 0 spiro atoms. The van der Waals surface area contributed by atoms with Gasteiger partial charge in [0.05, 0.1) is 33.5 Å². The zero-order valence-corrected chi connectivity index (χ0v) is 30.4. The molecule has 0 saturated carbocycles. The Balaban J connectivity index is 1.13. The van der Waals surface area contributed by atoms with Crippen LogP contribution in [0.2, 0.25) is 0 Å². The monoisotopic (exact) mass is 714 g/mol. The Hall–Kier alpha value is -7.56. The van der Waals surface area contributed by atoms with E-state index in [2.05, 4.69) is 191 Å². The van der Waals surface area contributed by atoms with E-state index in [1.165, 1.54) is 43.7 Å². The zero-order chi connectivity index (χ0) is 37.0. The molecule has 8 aromatic carbocycles. The first-order valence-corrected chi connectivity index (χ1v) is 19.0. The van der Waals surface area contributed by atoms with Crippen molar-refractivity contribution in [3.8, 4) is 56.4 Å². The molecule has 4 nitrogen and oxygen atoms in total. The van der Waals surface area contributed by atoms with Gasteiger partial charge in [0, 0.05) is 49.6 Å². The lowest BCUT2D eigenvalue weighted by Crippen LogP contribution is -1.96. The molecule has 0 aliphatic rings. The summed E-state index contributed by atoms with van der Waals surface area (Å²) in [5.74, 6) is 0.707. The van der Waals surface area contributed by atoms with Crippen LogP contribution in [0.15, 0.2) is 206 Å². The van der Waals surface area contributed by atoms with E-state index in [1.54, 1.807) is 0 Å². The third kappa shape index (κ3) is 5.23. The number of hydrogen-bond donors (Lipinski definition) is 0. The Labute approximate surface area is 324 Å². The number of nitrogens with zero attached hydrogens (tertiary/aromatic N) is 4. The van der Waals surface area contributed by atoms with Crippen molar-refractivity contribution < 1.29 is 0 Å². The first-order chi connectivity index (χ1) is 27.8. The number of fused-ring (bicyclic) bond motifs is 6. The second-order valence-electron chi connectivity index (χ2n) is 14.2. The molecule has 0 N–H and O–H groups in total. The Morgan fingerprint density at radius 3 is 1.57 bits per heavy atom. The van der Waals surface area contributed by atoms with Gasteiger partial charge in [-0.3, -0.25) is 0 Å². The van der Waals surface area contributed by atoms with Gasteiger partial charge in [-0.1, -0.05) is 146 Å². The van der Waals surface area contributed by atoms with Crippen molar-refractivity contribution in [3.63, 3.8) is 0 Å². The topological polar surface area (TPSA) is 35.6 Å².